The van der Waals surface area contributed by atoms with E-state index in [4.69, 9.17) is 10.2 Å². The fourth-order valence-corrected chi connectivity index (χ4v) is 6.94. The van der Waals surface area contributed by atoms with Crippen LogP contribution in [0.25, 0.3) is 0 Å². The Balaban J connectivity index is 1.70. The van der Waals surface area contributed by atoms with Gasteiger partial charge >= 0.3 is 0 Å². The van der Waals surface area contributed by atoms with Crippen molar-refractivity contribution in [2.45, 2.75) is 71.8 Å². The average Bonchev–Trinajstić information content (AvgIpc) is 2.81. The fourth-order valence-electron chi connectivity index (χ4n) is 6.94. The lowest BCUT2D eigenvalue weighted by molar-refractivity contribution is -0.156. The molecule has 2 heteroatoms. The van der Waals surface area contributed by atoms with Gasteiger partial charge in [-0.05, 0) is 72.8 Å². The highest BCUT2D eigenvalue weighted by atomic mass is 16.3. The molecule has 1 aromatic rings. The van der Waals surface area contributed by atoms with Crippen molar-refractivity contribution in [2.75, 3.05) is 0 Å². The van der Waals surface area contributed by atoms with Gasteiger partial charge in [-0.15, -0.1) is 0 Å². The molecule has 2 nitrogen and oxygen atoms in total. The van der Waals surface area contributed by atoms with Crippen LogP contribution in [0.5, 0.6) is 0 Å². The first-order valence-corrected chi connectivity index (χ1v) is 8.70. The Morgan fingerprint density at radius 2 is 1.81 bits per heavy atom. The van der Waals surface area contributed by atoms with Gasteiger partial charge < -0.3 is 10.2 Å². The van der Waals surface area contributed by atoms with E-state index in [9.17, 15) is 0 Å². The number of hydrogen-bond donors (Lipinski definition) is 1. The summed E-state index contributed by atoms with van der Waals surface area (Å²) in [7, 11) is 0. The Hall–Kier alpha value is -0.760. The second kappa shape index (κ2) is 4.16. The van der Waals surface area contributed by atoms with Gasteiger partial charge in [0, 0.05) is 6.42 Å². The van der Waals surface area contributed by atoms with Crippen LogP contribution in [-0.4, -0.2) is 0 Å². The van der Waals surface area contributed by atoms with E-state index in [2.05, 4.69) is 32.9 Å². The zero-order valence-corrected chi connectivity index (χ0v) is 13.7. The molecule has 3 unspecified atom stereocenters. The summed E-state index contributed by atoms with van der Waals surface area (Å²) in [6.45, 7) is 7.16. The number of nitrogens with two attached hydrogens (primary N) is 1. The van der Waals surface area contributed by atoms with Crippen molar-refractivity contribution in [1.82, 2.24) is 0 Å². The Labute approximate surface area is 128 Å². The summed E-state index contributed by atoms with van der Waals surface area (Å²) >= 11 is 0. The van der Waals surface area contributed by atoms with Gasteiger partial charge in [-0.25, -0.2) is 0 Å². The molecule has 0 spiro atoms. The van der Waals surface area contributed by atoms with Crippen LogP contribution in [0.3, 0.4) is 0 Å². The van der Waals surface area contributed by atoms with Crippen LogP contribution in [0, 0.1) is 22.2 Å². The maximum atomic E-state index is 6.79. The smallest absolute Gasteiger partial charge is 0.121 e. The van der Waals surface area contributed by atoms with Crippen LogP contribution in [0.4, 0.5) is 0 Å². The Bertz CT molecular complexity index is 542. The number of aryl methyl sites for hydroxylation is 1. The van der Waals surface area contributed by atoms with Gasteiger partial charge in [0.05, 0.1) is 6.04 Å². The van der Waals surface area contributed by atoms with Gasteiger partial charge in [-0.1, -0.05) is 20.8 Å². The first kappa shape index (κ1) is 13.9. The van der Waals surface area contributed by atoms with E-state index in [1.54, 1.807) is 0 Å². The summed E-state index contributed by atoms with van der Waals surface area (Å²) in [6.07, 6.45) is 9.14. The third-order valence-electron chi connectivity index (χ3n) is 6.67. The van der Waals surface area contributed by atoms with E-state index in [-0.39, 0.29) is 11.5 Å². The maximum Gasteiger partial charge on any atom is 0.121 e. The number of hydrogen-bond acceptors (Lipinski definition) is 2. The van der Waals surface area contributed by atoms with Crippen molar-refractivity contribution in [2.24, 2.45) is 27.9 Å². The van der Waals surface area contributed by atoms with E-state index < -0.39 is 0 Å². The van der Waals surface area contributed by atoms with Crippen LogP contribution in [-0.2, 0) is 6.42 Å². The lowest BCUT2D eigenvalue weighted by Crippen LogP contribution is -2.58. The predicted octanol–water partition coefficient (Wildman–Crippen LogP) is 4.84. The van der Waals surface area contributed by atoms with Gasteiger partial charge in [0.15, 0.2) is 0 Å². The summed E-state index contributed by atoms with van der Waals surface area (Å²) in [5, 5.41) is 0. The zero-order valence-electron chi connectivity index (χ0n) is 13.7. The van der Waals surface area contributed by atoms with E-state index >= 15 is 0 Å². The van der Waals surface area contributed by atoms with Crippen LogP contribution in [0.2, 0.25) is 0 Å². The van der Waals surface area contributed by atoms with Crippen LogP contribution in [0.1, 0.15) is 76.9 Å². The van der Waals surface area contributed by atoms with E-state index in [0.29, 0.717) is 10.8 Å². The monoisotopic (exact) mass is 287 g/mol. The molecule has 1 heterocycles. The molecule has 4 fully saturated rings. The third-order valence-corrected chi connectivity index (χ3v) is 6.67. The molecule has 0 aliphatic heterocycles. The van der Waals surface area contributed by atoms with Crippen LogP contribution >= 0.6 is 0 Å². The summed E-state index contributed by atoms with van der Waals surface area (Å²) in [4.78, 5) is 0. The topological polar surface area (TPSA) is 39.2 Å². The molecule has 0 aromatic carbocycles. The second-order valence-corrected chi connectivity index (χ2v) is 9.13. The molecule has 4 aliphatic carbocycles. The quantitative estimate of drug-likeness (QED) is 0.864. The molecule has 0 amide bonds. The van der Waals surface area contributed by atoms with Crippen molar-refractivity contribution in [3.8, 4) is 0 Å². The molecule has 5 rings (SSSR count). The number of furan rings is 1. The Kier molecular flexibility index (Phi) is 2.75. The standard InChI is InChI=1S/C19H29NO/c1-4-14-5-6-15(21-14)16(20)19-9-13-7-17(2,11-19)10-18(3,8-13)12-19/h5-6,13,16H,4,7-12,20H2,1-3H3. The lowest BCUT2D eigenvalue weighted by atomic mass is 9.39. The van der Waals surface area contributed by atoms with Crippen LogP contribution in [0.15, 0.2) is 16.5 Å². The number of rotatable bonds is 3. The molecule has 116 valence electrons. The summed E-state index contributed by atoms with van der Waals surface area (Å²) < 4.78 is 6.02. The largest absolute Gasteiger partial charge is 0.464 e. The Morgan fingerprint density at radius 3 is 2.33 bits per heavy atom. The average molecular weight is 287 g/mol. The minimum Gasteiger partial charge on any atom is -0.464 e. The minimum absolute atomic E-state index is 0.0832. The second-order valence-electron chi connectivity index (χ2n) is 9.13. The van der Waals surface area contributed by atoms with Crippen molar-refractivity contribution in [1.29, 1.82) is 0 Å². The summed E-state index contributed by atoms with van der Waals surface area (Å²) in [6, 6.07) is 4.33. The third kappa shape index (κ3) is 2.02. The highest BCUT2D eigenvalue weighted by Crippen LogP contribution is 2.71. The first-order chi connectivity index (χ1) is 9.85. The molecule has 4 saturated carbocycles. The highest BCUT2D eigenvalue weighted by Gasteiger charge is 2.62. The molecule has 0 radical (unpaired) electrons. The first-order valence-electron chi connectivity index (χ1n) is 8.70. The van der Waals surface area contributed by atoms with E-state index in [1.165, 1.54) is 38.5 Å². The van der Waals surface area contributed by atoms with Gasteiger partial charge in [0.25, 0.3) is 0 Å². The lowest BCUT2D eigenvalue weighted by Gasteiger charge is -2.66. The highest BCUT2D eigenvalue weighted by molar-refractivity contribution is 5.19. The molecular weight excluding hydrogens is 258 g/mol. The molecule has 3 atom stereocenters. The predicted molar refractivity (Wildman–Crippen MR) is 84.9 cm³/mol. The fraction of sp³-hybridized carbons (Fsp3) is 0.789. The van der Waals surface area contributed by atoms with Crippen molar-refractivity contribution < 1.29 is 4.42 Å². The van der Waals surface area contributed by atoms with Gasteiger partial charge in [0.1, 0.15) is 11.5 Å². The van der Waals surface area contributed by atoms with Crippen molar-refractivity contribution in [3.05, 3.63) is 23.7 Å². The Morgan fingerprint density at radius 1 is 1.14 bits per heavy atom. The SMILES string of the molecule is CCc1ccc(C(N)C23CC4CC(C)(CC(C)(C4)C2)C3)o1. The normalized spacial score (nSPS) is 46.0. The summed E-state index contributed by atoms with van der Waals surface area (Å²) in [5.74, 6) is 2.99. The molecule has 4 bridgehead atoms. The van der Waals surface area contributed by atoms with Crippen molar-refractivity contribution >= 4 is 0 Å². The van der Waals surface area contributed by atoms with E-state index in [0.717, 1.165) is 23.9 Å². The maximum absolute atomic E-state index is 6.79. The molecule has 2 N–H and O–H groups in total. The molecule has 4 aliphatic rings. The summed E-state index contributed by atoms with van der Waals surface area (Å²) in [5.41, 5.74) is 8.11. The molecule has 1 aromatic heterocycles. The molecule has 0 saturated heterocycles. The van der Waals surface area contributed by atoms with Gasteiger partial charge in [-0.3, -0.25) is 0 Å². The van der Waals surface area contributed by atoms with Gasteiger partial charge in [0.2, 0.25) is 0 Å². The van der Waals surface area contributed by atoms with Crippen LogP contribution < -0.4 is 5.73 Å². The molecule has 21 heavy (non-hydrogen) atoms. The van der Waals surface area contributed by atoms with Gasteiger partial charge in [-0.2, -0.15) is 0 Å². The zero-order chi connectivity index (χ0) is 14.9. The minimum atomic E-state index is 0.0832. The van der Waals surface area contributed by atoms with E-state index in [1.807, 2.05) is 0 Å². The van der Waals surface area contributed by atoms with Crippen molar-refractivity contribution in [3.63, 3.8) is 0 Å². The molecular formula is C19H29NO.